The van der Waals surface area contributed by atoms with Crippen molar-refractivity contribution >= 4 is 10.9 Å². The van der Waals surface area contributed by atoms with Crippen molar-refractivity contribution in [3.63, 3.8) is 0 Å². The minimum absolute atomic E-state index is 0.130. The number of halogens is 1. The van der Waals surface area contributed by atoms with Crippen molar-refractivity contribution in [1.29, 1.82) is 0 Å². The lowest BCUT2D eigenvalue weighted by Crippen LogP contribution is -2.31. The summed E-state index contributed by atoms with van der Waals surface area (Å²) in [6, 6.07) is 11.8. The van der Waals surface area contributed by atoms with E-state index in [9.17, 15) is 4.39 Å². The van der Waals surface area contributed by atoms with Gasteiger partial charge in [-0.25, -0.2) is 8.96 Å². The van der Waals surface area contributed by atoms with Gasteiger partial charge in [-0.05, 0) is 54.2 Å². The van der Waals surface area contributed by atoms with E-state index < -0.39 is 0 Å². The number of hydrogen-bond donors (Lipinski definition) is 0. The van der Waals surface area contributed by atoms with Crippen molar-refractivity contribution < 1.29 is 8.96 Å². The van der Waals surface area contributed by atoms with Crippen molar-refractivity contribution in [2.45, 2.75) is 13.8 Å². The van der Waals surface area contributed by atoms with Crippen LogP contribution in [0.5, 0.6) is 0 Å². The van der Waals surface area contributed by atoms with Crippen molar-refractivity contribution in [1.82, 2.24) is 4.98 Å². The van der Waals surface area contributed by atoms with Crippen LogP contribution in [0.1, 0.15) is 11.1 Å². The van der Waals surface area contributed by atoms with Crippen LogP contribution in [0.4, 0.5) is 4.39 Å². The van der Waals surface area contributed by atoms with Crippen molar-refractivity contribution in [3.05, 3.63) is 59.7 Å². The summed E-state index contributed by atoms with van der Waals surface area (Å²) in [5.74, 6) is -0.130. The van der Waals surface area contributed by atoms with Gasteiger partial charge in [0.1, 0.15) is 11.5 Å². The average molecular weight is 267 g/mol. The number of benzene rings is 2. The molecule has 0 atom stereocenters. The van der Waals surface area contributed by atoms with Crippen LogP contribution in [-0.2, 0) is 7.05 Å². The minimum atomic E-state index is -0.130. The van der Waals surface area contributed by atoms with E-state index in [1.807, 2.05) is 48.0 Å². The summed E-state index contributed by atoms with van der Waals surface area (Å²) in [6.45, 7) is 3.60. The summed E-state index contributed by atoms with van der Waals surface area (Å²) in [7, 11) is 1.96. The van der Waals surface area contributed by atoms with E-state index in [4.69, 9.17) is 0 Å². The number of nitrogens with zero attached hydrogens (tertiary/aromatic N) is 2. The molecule has 3 aromatic rings. The van der Waals surface area contributed by atoms with Crippen LogP contribution < -0.4 is 4.57 Å². The van der Waals surface area contributed by atoms with E-state index in [2.05, 4.69) is 4.98 Å². The molecule has 0 saturated heterocycles. The maximum absolute atomic E-state index is 13.8. The molecule has 0 aliphatic carbocycles. The molecule has 3 heteroatoms. The molecule has 2 nitrogen and oxygen atoms in total. The topological polar surface area (TPSA) is 16.8 Å². The van der Waals surface area contributed by atoms with Gasteiger partial charge in [-0.2, -0.15) is 0 Å². The Morgan fingerprint density at radius 3 is 2.40 bits per heavy atom. The molecule has 2 aromatic carbocycles. The first-order valence-electron chi connectivity index (χ1n) is 6.58. The third-order valence-electron chi connectivity index (χ3n) is 3.59. The SMILES string of the molecule is Cc1cc(-c2c3ccccc3nc[n+]2C)cc(C)c1F. The molecular weight excluding hydrogens is 251 g/mol. The summed E-state index contributed by atoms with van der Waals surface area (Å²) in [4.78, 5) is 4.42. The number of aryl methyl sites for hydroxylation is 3. The Morgan fingerprint density at radius 1 is 1.05 bits per heavy atom. The Bertz CT molecular complexity index is 786. The van der Waals surface area contributed by atoms with Crippen molar-refractivity contribution in [2.24, 2.45) is 7.05 Å². The zero-order chi connectivity index (χ0) is 14.3. The number of rotatable bonds is 1. The molecule has 0 aliphatic rings. The number of aromatic nitrogens is 2. The van der Waals surface area contributed by atoms with Crippen LogP contribution in [-0.4, -0.2) is 4.98 Å². The predicted molar refractivity (Wildman–Crippen MR) is 77.8 cm³/mol. The smallest absolute Gasteiger partial charge is 0.232 e. The summed E-state index contributed by atoms with van der Waals surface area (Å²) >= 11 is 0. The average Bonchev–Trinajstić information content (AvgIpc) is 2.44. The summed E-state index contributed by atoms with van der Waals surface area (Å²) < 4.78 is 15.8. The molecule has 100 valence electrons. The summed E-state index contributed by atoms with van der Waals surface area (Å²) in [6.07, 6.45) is 1.80. The first-order valence-corrected chi connectivity index (χ1v) is 6.58. The van der Waals surface area contributed by atoms with Gasteiger partial charge in [0.2, 0.25) is 0 Å². The molecule has 0 unspecified atom stereocenters. The quantitative estimate of drug-likeness (QED) is 0.617. The fraction of sp³-hybridized carbons (Fsp3) is 0.176. The molecule has 0 N–H and O–H groups in total. The van der Waals surface area contributed by atoms with Crippen LogP contribution in [0.15, 0.2) is 42.7 Å². The summed E-state index contributed by atoms with van der Waals surface area (Å²) in [5, 5.41) is 1.07. The maximum Gasteiger partial charge on any atom is 0.287 e. The van der Waals surface area contributed by atoms with Gasteiger partial charge >= 0.3 is 0 Å². The highest BCUT2D eigenvalue weighted by atomic mass is 19.1. The highest BCUT2D eigenvalue weighted by Crippen LogP contribution is 2.27. The molecule has 0 radical (unpaired) electrons. The van der Waals surface area contributed by atoms with Gasteiger partial charge in [-0.15, -0.1) is 0 Å². The van der Waals surface area contributed by atoms with E-state index in [0.717, 1.165) is 22.2 Å². The predicted octanol–water partition coefficient (Wildman–Crippen LogP) is 3.48. The van der Waals surface area contributed by atoms with Crippen LogP contribution in [0.25, 0.3) is 22.2 Å². The van der Waals surface area contributed by atoms with Crippen molar-refractivity contribution in [2.75, 3.05) is 0 Å². The lowest BCUT2D eigenvalue weighted by molar-refractivity contribution is -0.662. The Balaban J connectivity index is 2.37. The second kappa shape index (κ2) is 4.67. The number of para-hydroxylation sites is 1. The third-order valence-corrected chi connectivity index (χ3v) is 3.59. The fourth-order valence-electron chi connectivity index (χ4n) is 2.62. The van der Waals surface area contributed by atoms with Crippen LogP contribution in [0.2, 0.25) is 0 Å². The van der Waals surface area contributed by atoms with E-state index in [1.165, 1.54) is 0 Å². The minimum Gasteiger partial charge on any atom is -0.232 e. The molecule has 0 spiro atoms. The van der Waals surface area contributed by atoms with Gasteiger partial charge in [0.25, 0.3) is 6.33 Å². The molecule has 1 aromatic heterocycles. The van der Waals surface area contributed by atoms with Gasteiger partial charge in [-0.1, -0.05) is 12.1 Å². The first kappa shape index (κ1) is 12.7. The molecule has 0 amide bonds. The Kier molecular flexibility index (Phi) is 2.97. The molecule has 0 aliphatic heterocycles. The number of fused-ring (bicyclic) bond motifs is 1. The third kappa shape index (κ3) is 1.95. The van der Waals surface area contributed by atoms with E-state index in [0.29, 0.717) is 11.1 Å². The number of hydrogen-bond acceptors (Lipinski definition) is 1. The van der Waals surface area contributed by atoms with Gasteiger partial charge in [-0.3, -0.25) is 0 Å². The molecular formula is C17H16FN2+. The molecule has 3 rings (SSSR count). The molecule has 1 heterocycles. The lowest BCUT2D eigenvalue weighted by Gasteiger charge is -2.09. The van der Waals surface area contributed by atoms with Gasteiger partial charge in [0, 0.05) is 5.56 Å². The van der Waals surface area contributed by atoms with Crippen LogP contribution in [0, 0.1) is 19.7 Å². The zero-order valence-corrected chi connectivity index (χ0v) is 11.8. The van der Waals surface area contributed by atoms with Gasteiger partial charge < -0.3 is 0 Å². The second-order valence-corrected chi connectivity index (χ2v) is 5.15. The maximum atomic E-state index is 13.8. The lowest BCUT2D eigenvalue weighted by atomic mass is 10.0. The molecule has 0 saturated carbocycles. The molecule has 20 heavy (non-hydrogen) atoms. The standard InChI is InChI=1S/C17H16FN2/c1-11-8-13(9-12(2)16(11)18)17-14-6-4-5-7-15(14)19-10-20(17)3/h4-10H,1-3H3/q+1. The molecule has 0 fully saturated rings. The highest BCUT2D eigenvalue weighted by Gasteiger charge is 2.16. The Morgan fingerprint density at radius 2 is 1.70 bits per heavy atom. The largest absolute Gasteiger partial charge is 0.287 e. The van der Waals surface area contributed by atoms with Crippen molar-refractivity contribution in [3.8, 4) is 11.3 Å². The monoisotopic (exact) mass is 267 g/mol. The Hall–Kier alpha value is -2.29. The fourth-order valence-corrected chi connectivity index (χ4v) is 2.62. The van der Waals surface area contributed by atoms with Gasteiger partial charge in [0.15, 0.2) is 5.52 Å². The normalized spacial score (nSPS) is 11.0. The first-order chi connectivity index (χ1) is 9.58. The van der Waals surface area contributed by atoms with Gasteiger partial charge in [0.05, 0.1) is 12.4 Å². The van der Waals surface area contributed by atoms with E-state index in [-0.39, 0.29) is 5.82 Å². The Labute approximate surface area is 117 Å². The zero-order valence-electron chi connectivity index (χ0n) is 11.8. The van der Waals surface area contributed by atoms with Crippen LogP contribution in [0.3, 0.4) is 0 Å². The second-order valence-electron chi connectivity index (χ2n) is 5.15. The highest BCUT2D eigenvalue weighted by molar-refractivity contribution is 5.90. The molecule has 0 bridgehead atoms. The van der Waals surface area contributed by atoms with E-state index in [1.54, 1.807) is 20.2 Å². The van der Waals surface area contributed by atoms with Crippen LogP contribution >= 0.6 is 0 Å². The van der Waals surface area contributed by atoms with E-state index >= 15 is 0 Å². The summed E-state index contributed by atoms with van der Waals surface area (Å²) in [5.41, 5.74) is 4.35.